The molecule has 5 rings (SSSR count). The Labute approximate surface area is 202 Å². The highest BCUT2D eigenvalue weighted by Crippen LogP contribution is 2.45. The number of amides is 1. The summed E-state index contributed by atoms with van der Waals surface area (Å²) in [5.74, 6) is -2.52. The molecule has 35 heavy (non-hydrogen) atoms. The van der Waals surface area contributed by atoms with Crippen molar-refractivity contribution in [2.75, 3.05) is 10.6 Å². The molecule has 3 aliphatic rings. The van der Waals surface area contributed by atoms with Crippen LogP contribution in [0.3, 0.4) is 0 Å². The number of fused-ring (bicyclic) bond motifs is 1. The van der Waals surface area contributed by atoms with Crippen molar-refractivity contribution in [2.24, 2.45) is 16.8 Å². The lowest BCUT2D eigenvalue weighted by Gasteiger charge is -2.31. The van der Waals surface area contributed by atoms with Crippen molar-refractivity contribution in [3.05, 3.63) is 41.5 Å². The Morgan fingerprint density at radius 3 is 2.40 bits per heavy atom. The predicted octanol–water partition coefficient (Wildman–Crippen LogP) is 5.04. The summed E-state index contributed by atoms with van der Waals surface area (Å²) in [6.45, 7) is 3.96. The third-order valence-corrected chi connectivity index (χ3v) is 6.84. The highest BCUT2D eigenvalue weighted by Gasteiger charge is 2.40. The van der Waals surface area contributed by atoms with Crippen molar-refractivity contribution in [3.8, 4) is 0 Å². The van der Waals surface area contributed by atoms with Gasteiger partial charge in [0.1, 0.15) is 17.3 Å². The molecule has 0 saturated heterocycles. The van der Waals surface area contributed by atoms with Gasteiger partial charge in [0, 0.05) is 30.1 Å². The van der Waals surface area contributed by atoms with Gasteiger partial charge in [-0.25, -0.2) is 28.1 Å². The first-order valence-corrected chi connectivity index (χ1v) is 12.2. The van der Waals surface area contributed by atoms with Crippen LogP contribution in [0.2, 0.25) is 0 Å². The number of halogens is 3. The number of hydrogen-bond acceptors (Lipinski definition) is 5. The minimum atomic E-state index is -1.07. The average Bonchev–Trinajstić information content (AvgIpc) is 3.54. The highest BCUT2D eigenvalue weighted by molar-refractivity contribution is 6.07. The number of nitrogens with one attached hydrogen (secondary N) is 3. The van der Waals surface area contributed by atoms with Gasteiger partial charge in [0.05, 0.1) is 23.5 Å². The Bertz CT molecular complexity index is 1130. The van der Waals surface area contributed by atoms with E-state index in [4.69, 9.17) is 4.98 Å². The van der Waals surface area contributed by atoms with E-state index in [0.29, 0.717) is 41.3 Å². The maximum atomic E-state index is 14.4. The molecule has 0 radical (unpaired) electrons. The van der Waals surface area contributed by atoms with Crippen molar-refractivity contribution in [1.29, 1.82) is 0 Å². The summed E-state index contributed by atoms with van der Waals surface area (Å²) >= 11 is 0. The summed E-state index contributed by atoms with van der Waals surface area (Å²) in [7, 11) is 0. The van der Waals surface area contributed by atoms with Gasteiger partial charge in [-0.3, -0.25) is 4.79 Å². The van der Waals surface area contributed by atoms with Crippen LogP contribution < -0.4 is 16.0 Å². The van der Waals surface area contributed by atoms with Crippen LogP contribution >= 0.6 is 0 Å². The first kappa shape index (κ1) is 23.6. The molecule has 7 nitrogen and oxygen atoms in total. The molecule has 3 N–H and O–H groups in total. The largest absolute Gasteiger partial charge is 0.353 e. The van der Waals surface area contributed by atoms with Gasteiger partial charge in [0.2, 0.25) is 11.9 Å². The summed E-state index contributed by atoms with van der Waals surface area (Å²) in [5, 5.41) is 9.42. The zero-order chi connectivity index (χ0) is 24.7. The van der Waals surface area contributed by atoms with Gasteiger partial charge in [-0.05, 0) is 58.3 Å². The quantitative estimate of drug-likeness (QED) is 0.532. The van der Waals surface area contributed by atoms with E-state index in [9.17, 15) is 18.0 Å². The van der Waals surface area contributed by atoms with E-state index in [0.717, 1.165) is 38.5 Å². The molecule has 10 heteroatoms. The fraction of sp³-hybridized carbons (Fsp3) is 0.520. The molecule has 1 amide bonds. The van der Waals surface area contributed by atoms with Crippen LogP contribution in [0, 0.1) is 29.3 Å². The Morgan fingerprint density at radius 2 is 1.77 bits per heavy atom. The molecule has 0 spiro atoms. The molecule has 2 saturated carbocycles. The van der Waals surface area contributed by atoms with Crippen LogP contribution in [-0.4, -0.2) is 33.8 Å². The van der Waals surface area contributed by atoms with Crippen molar-refractivity contribution in [2.45, 2.75) is 70.4 Å². The number of aliphatic imine (C=N–C) groups is 1. The number of carbonyl (C=O) groups is 1. The second kappa shape index (κ2) is 9.47. The lowest BCUT2D eigenvalue weighted by atomic mass is 9.74. The zero-order valence-electron chi connectivity index (χ0n) is 19.7. The number of carbonyl (C=O) groups excluding carboxylic acids is 1. The van der Waals surface area contributed by atoms with E-state index in [1.165, 1.54) is 0 Å². The lowest BCUT2D eigenvalue weighted by Crippen LogP contribution is -2.36. The minimum absolute atomic E-state index is 0.0309. The normalized spacial score (nSPS) is 24.9. The van der Waals surface area contributed by atoms with Gasteiger partial charge >= 0.3 is 0 Å². The topological polar surface area (TPSA) is 91.3 Å². The van der Waals surface area contributed by atoms with Crippen molar-refractivity contribution < 1.29 is 18.0 Å². The lowest BCUT2D eigenvalue weighted by molar-refractivity contribution is -0.126. The van der Waals surface area contributed by atoms with E-state index in [-0.39, 0.29) is 29.7 Å². The van der Waals surface area contributed by atoms with E-state index in [2.05, 4.69) is 25.9 Å². The monoisotopic (exact) mass is 486 g/mol. The fourth-order valence-electron chi connectivity index (χ4n) is 4.97. The molecule has 1 aliphatic heterocycles. The molecular formula is C25H29F3N6O. The Morgan fingerprint density at radius 1 is 1.09 bits per heavy atom. The van der Waals surface area contributed by atoms with Crippen LogP contribution in [0.15, 0.2) is 23.3 Å². The Kier molecular flexibility index (Phi) is 6.37. The van der Waals surface area contributed by atoms with Gasteiger partial charge in [-0.15, -0.1) is 0 Å². The number of amidine groups is 1. The zero-order valence-corrected chi connectivity index (χ0v) is 19.7. The molecule has 1 aromatic carbocycles. The van der Waals surface area contributed by atoms with Gasteiger partial charge in [-0.1, -0.05) is 0 Å². The average molecular weight is 487 g/mol. The summed E-state index contributed by atoms with van der Waals surface area (Å²) in [6, 6.07) is 1.69. The first-order chi connectivity index (χ1) is 16.8. The van der Waals surface area contributed by atoms with Gasteiger partial charge in [-0.2, -0.15) is 0 Å². The van der Waals surface area contributed by atoms with E-state index >= 15 is 0 Å². The van der Waals surface area contributed by atoms with Gasteiger partial charge < -0.3 is 16.0 Å². The van der Waals surface area contributed by atoms with Crippen molar-refractivity contribution >= 4 is 29.1 Å². The molecule has 186 valence electrons. The third-order valence-electron chi connectivity index (χ3n) is 6.84. The Balaban J connectivity index is 1.45. The van der Waals surface area contributed by atoms with Crippen LogP contribution in [0.1, 0.15) is 64.0 Å². The molecule has 1 atom stereocenters. The molecule has 2 aliphatic carbocycles. The number of aromatic nitrogens is 2. The molecule has 2 aromatic rings. The fourth-order valence-corrected chi connectivity index (χ4v) is 4.97. The summed E-state index contributed by atoms with van der Waals surface area (Å²) in [5.41, 5.74) is 0.785. The predicted molar refractivity (Wildman–Crippen MR) is 127 cm³/mol. The Hall–Kier alpha value is -3.17. The number of anilines is 2. The highest BCUT2D eigenvalue weighted by atomic mass is 19.1. The van der Waals surface area contributed by atoms with Crippen LogP contribution in [0.5, 0.6) is 0 Å². The van der Waals surface area contributed by atoms with Crippen molar-refractivity contribution in [1.82, 2.24) is 15.3 Å². The maximum absolute atomic E-state index is 14.4. The van der Waals surface area contributed by atoms with Gasteiger partial charge in [0.25, 0.3) is 0 Å². The summed E-state index contributed by atoms with van der Waals surface area (Å²) in [6.07, 6.45) is 6.68. The third kappa shape index (κ3) is 5.11. The van der Waals surface area contributed by atoms with Crippen LogP contribution in [-0.2, 0) is 4.79 Å². The molecule has 1 unspecified atom stereocenters. The van der Waals surface area contributed by atoms with Crippen LogP contribution in [0.25, 0.3) is 0 Å². The van der Waals surface area contributed by atoms with Gasteiger partial charge in [0.15, 0.2) is 11.6 Å². The molecule has 2 fully saturated rings. The first-order valence-electron chi connectivity index (χ1n) is 12.2. The number of benzene rings is 1. The standard InChI is InChI=1S/C25H29F3N6O/c1-12(2)30-25-29-11-19-22(34-25)20(13-3-5-14(6-4-13)24(35)31-16-7-8-16)23(32-19)33-21-17(27)9-15(26)10-18(21)28/h9-14,16,20H,3-8H2,1-2H3,(H,31,35)(H,32,33)(H,29,30,34). The molecular weight excluding hydrogens is 457 g/mol. The second-order valence-corrected chi connectivity index (χ2v) is 10.0. The van der Waals surface area contributed by atoms with E-state index in [1.807, 2.05) is 13.8 Å². The SMILES string of the molecule is CC(C)Nc1ncc2c(n1)C(C1CCC(C(=O)NC3CC3)CC1)C(=Nc1c(F)cc(F)cc1F)N2. The van der Waals surface area contributed by atoms with Crippen molar-refractivity contribution in [3.63, 3.8) is 0 Å². The number of hydrogen-bond donors (Lipinski definition) is 3. The van der Waals surface area contributed by atoms with E-state index < -0.39 is 23.1 Å². The summed E-state index contributed by atoms with van der Waals surface area (Å²) < 4.78 is 42.3. The molecule has 2 heterocycles. The molecule has 0 bridgehead atoms. The van der Waals surface area contributed by atoms with Crippen LogP contribution in [0.4, 0.5) is 30.5 Å². The smallest absolute Gasteiger partial charge is 0.223 e. The maximum Gasteiger partial charge on any atom is 0.223 e. The molecule has 1 aromatic heterocycles. The second-order valence-electron chi connectivity index (χ2n) is 10.0. The van der Waals surface area contributed by atoms with E-state index in [1.54, 1.807) is 6.20 Å². The summed E-state index contributed by atoms with van der Waals surface area (Å²) in [4.78, 5) is 25.9. The minimum Gasteiger partial charge on any atom is -0.353 e. The number of nitrogens with zero attached hydrogens (tertiary/aromatic N) is 3. The number of rotatable bonds is 6.